The first kappa shape index (κ1) is 11.2. The molecule has 0 aliphatic carbocycles. The van der Waals surface area contributed by atoms with Crippen LogP contribution in [-0.4, -0.2) is 5.11 Å². The Balaban J connectivity index is 2.95. The number of hydrogen-bond acceptors (Lipinski definition) is 2. The number of nitrogens with two attached hydrogens (primary N) is 1. The fourth-order valence-electron chi connectivity index (χ4n) is 0.944. The van der Waals surface area contributed by atoms with Gasteiger partial charge in [-0.1, -0.05) is 12.1 Å². The second kappa shape index (κ2) is 4.56. The van der Waals surface area contributed by atoms with Gasteiger partial charge in [0, 0.05) is 5.56 Å². The van der Waals surface area contributed by atoms with Crippen molar-refractivity contribution < 1.29 is 8.78 Å². The molecule has 0 fully saturated rings. The van der Waals surface area contributed by atoms with E-state index >= 15 is 0 Å². The van der Waals surface area contributed by atoms with Gasteiger partial charge in [-0.25, -0.2) is 8.78 Å². The van der Waals surface area contributed by atoms with Crippen LogP contribution in [0.15, 0.2) is 18.2 Å². The van der Waals surface area contributed by atoms with Crippen LogP contribution in [0.4, 0.5) is 8.78 Å². The molecule has 1 aromatic carbocycles. The van der Waals surface area contributed by atoms with E-state index in [1.165, 1.54) is 12.1 Å². The minimum absolute atomic E-state index is 0.0198. The average molecular weight is 234 g/mol. The summed E-state index contributed by atoms with van der Waals surface area (Å²) in [6.07, 6.45) is 0. The predicted molar refractivity (Wildman–Crippen MR) is 58.0 cm³/mol. The summed E-state index contributed by atoms with van der Waals surface area (Å²) >= 11 is 8.54. The van der Waals surface area contributed by atoms with Gasteiger partial charge in [0.2, 0.25) is 0 Å². The molecule has 14 heavy (non-hydrogen) atoms. The molecule has 2 nitrogen and oxygen atoms in total. The molecule has 0 spiro atoms. The third-order valence-electron chi connectivity index (χ3n) is 1.56. The Kier molecular flexibility index (Phi) is 3.65. The van der Waals surface area contributed by atoms with Gasteiger partial charge in [-0.3, -0.25) is 0 Å². The van der Waals surface area contributed by atoms with Crippen LogP contribution < -0.4 is 11.1 Å². The van der Waals surface area contributed by atoms with E-state index in [0.29, 0.717) is 0 Å². The molecule has 0 saturated heterocycles. The highest BCUT2D eigenvalue weighted by Gasteiger charge is 2.14. The van der Waals surface area contributed by atoms with E-state index in [0.717, 1.165) is 6.07 Å². The van der Waals surface area contributed by atoms with Crippen molar-refractivity contribution >= 4 is 30.0 Å². The van der Waals surface area contributed by atoms with Gasteiger partial charge in [-0.15, -0.1) is 12.6 Å². The molecule has 76 valence electrons. The van der Waals surface area contributed by atoms with Gasteiger partial charge in [0.1, 0.15) is 0 Å². The third kappa shape index (κ3) is 2.55. The summed E-state index contributed by atoms with van der Waals surface area (Å²) in [5.74, 6) is -1.87. The van der Waals surface area contributed by atoms with E-state index in [4.69, 9.17) is 5.73 Å². The highest BCUT2D eigenvalue weighted by atomic mass is 32.1. The SMILES string of the molecule is NC(=S)NC(S)c1cccc(F)c1F. The summed E-state index contributed by atoms with van der Waals surface area (Å²) in [5, 5.41) is 1.73. The van der Waals surface area contributed by atoms with Gasteiger partial charge in [-0.05, 0) is 18.3 Å². The van der Waals surface area contributed by atoms with Crippen LogP contribution >= 0.6 is 24.8 Å². The van der Waals surface area contributed by atoms with E-state index in [2.05, 4.69) is 30.2 Å². The lowest BCUT2D eigenvalue weighted by Crippen LogP contribution is -2.30. The summed E-state index contributed by atoms with van der Waals surface area (Å²) < 4.78 is 25.9. The second-order valence-electron chi connectivity index (χ2n) is 2.55. The van der Waals surface area contributed by atoms with E-state index in [9.17, 15) is 8.78 Å². The predicted octanol–water partition coefficient (Wildman–Crippen LogP) is 1.73. The van der Waals surface area contributed by atoms with Crippen LogP contribution in [0, 0.1) is 11.6 Å². The van der Waals surface area contributed by atoms with Gasteiger partial charge in [0.05, 0.1) is 5.37 Å². The van der Waals surface area contributed by atoms with Crippen LogP contribution in [0.5, 0.6) is 0 Å². The number of thiocarbonyl (C=S) groups is 1. The van der Waals surface area contributed by atoms with Crippen molar-refractivity contribution in [3.05, 3.63) is 35.4 Å². The van der Waals surface area contributed by atoms with Crippen molar-refractivity contribution in [2.75, 3.05) is 0 Å². The fourth-order valence-corrected chi connectivity index (χ4v) is 1.49. The summed E-state index contributed by atoms with van der Waals surface area (Å²) in [5.41, 5.74) is 5.24. The highest BCUT2D eigenvalue weighted by Crippen LogP contribution is 2.21. The molecule has 3 N–H and O–H groups in total. The molecular formula is C8H8F2N2S2. The monoisotopic (exact) mass is 234 g/mol. The number of halogens is 2. The molecular weight excluding hydrogens is 226 g/mol. The van der Waals surface area contributed by atoms with Crippen LogP contribution in [0.1, 0.15) is 10.9 Å². The second-order valence-corrected chi connectivity index (χ2v) is 3.51. The molecule has 0 aromatic heterocycles. The molecule has 0 saturated carbocycles. The Hall–Kier alpha value is -0.880. The molecule has 0 bridgehead atoms. The first-order valence-corrected chi connectivity index (χ1v) is 4.62. The Morgan fingerprint density at radius 2 is 2.14 bits per heavy atom. The minimum Gasteiger partial charge on any atom is -0.376 e. The quantitative estimate of drug-likeness (QED) is 0.414. The van der Waals surface area contributed by atoms with Crippen LogP contribution in [0.2, 0.25) is 0 Å². The molecule has 1 rings (SSSR count). The molecule has 6 heteroatoms. The van der Waals surface area contributed by atoms with E-state index in [-0.39, 0.29) is 10.7 Å². The summed E-state index contributed by atoms with van der Waals surface area (Å²) in [4.78, 5) is 0. The van der Waals surface area contributed by atoms with E-state index in [1.807, 2.05) is 0 Å². The van der Waals surface area contributed by atoms with Crippen molar-refractivity contribution in [3.8, 4) is 0 Å². The summed E-state index contributed by atoms with van der Waals surface area (Å²) in [6, 6.07) is 3.82. The number of thiol groups is 1. The smallest absolute Gasteiger partial charge is 0.164 e. The zero-order valence-electron chi connectivity index (χ0n) is 7.00. The summed E-state index contributed by atoms with van der Waals surface area (Å²) in [7, 11) is 0. The van der Waals surface area contributed by atoms with Gasteiger partial charge in [0.25, 0.3) is 0 Å². The molecule has 0 aliphatic heterocycles. The molecule has 0 heterocycles. The largest absolute Gasteiger partial charge is 0.376 e. The molecule has 0 aliphatic rings. The number of benzene rings is 1. The first-order chi connectivity index (χ1) is 6.52. The van der Waals surface area contributed by atoms with Crippen LogP contribution in [0.25, 0.3) is 0 Å². The molecule has 1 aromatic rings. The highest BCUT2D eigenvalue weighted by molar-refractivity contribution is 7.81. The number of hydrogen-bond donors (Lipinski definition) is 3. The lowest BCUT2D eigenvalue weighted by atomic mass is 10.2. The third-order valence-corrected chi connectivity index (χ3v) is 2.08. The van der Waals surface area contributed by atoms with Gasteiger partial charge >= 0.3 is 0 Å². The Morgan fingerprint density at radius 3 is 2.71 bits per heavy atom. The molecule has 1 atom stereocenters. The molecule has 0 radical (unpaired) electrons. The maximum atomic E-state index is 13.2. The Labute approximate surface area is 90.9 Å². The van der Waals surface area contributed by atoms with Crippen molar-refractivity contribution in [2.24, 2.45) is 5.73 Å². The summed E-state index contributed by atoms with van der Waals surface area (Å²) in [6.45, 7) is 0. The molecule has 1 unspecified atom stereocenters. The number of rotatable bonds is 2. The minimum atomic E-state index is -0.948. The Bertz CT molecular complexity index is 357. The van der Waals surface area contributed by atoms with Crippen LogP contribution in [0.3, 0.4) is 0 Å². The normalized spacial score (nSPS) is 12.2. The maximum absolute atomic E-state index is 13.2. The first-order valence-electron chi connectivity index (χ1n) is 3.70. The fraction of sp³-hybridized carbons (Fsp3) is 0.125. The lowest BCUT2D eigenvalue weighted by molar-refractivity contribution is 0.497. The van der Waals surface area contributed by atoms with Crippen molar-refractivity contribution in [2.45, 2.75) is 5.37 Å². The number of nitrogens with one attached hydrogen (secondary N) is 1. The maximum Gasteiger partial charge on any atom is 0.164 e. The lowest BCUT2D eigenvalue weighted by Gasteiger charge is -2.13. The Morgan fingerprint density at radius 1 is 1.50 bits per heavy atom. The van der Waals surface area contributed by atoms with Gasteiger partial charge in [-0.2, -0.15) is 0 Å². The van der Waals surface area contributed by atoms with Crippen molar-refractivity contribution in [1.82, 2.24) is 5.32 Å². The van der Waals surface area contributed by atoms with Gasteiger partial charge in [0.15, 0.2) is 16.7 Å². The standard InChI is InChI=1S/C8H8F2N2S2/c9-5-3-1-2-4(6(5)10)7(13)12-8(11)14/h1-3,7,13H,(H3,11,12,14). The van der Waals surface area contributed by atoms with E-state index < -0.39 is 17.0 Å². The zero-order chi connectivity index (χ0) is 10.7. The average Bonchev–Trinajstić information content (AvgIpc) is 2.08. The van der Waals surface area contributed by atoms with E-state index in [1.54, 1.807) is 0 Å². The van der Waals surface area contributed by atoms with Crippen LogP contribution in [-0.2, 0) is 0 Å². The van der Waals surface area contributed by atoms with Crippen molar-refractivity contribution in [1.29, 1.82) is 0 Å². The topological polar surface area (TPSA) is 38.0 Å². The molecule has 0 amide bonds. The van der Waals surface area contributed by atoms with Gasteiger partial charge < -0.3 is 11.1 Å². The van der Waals surface area contributed by atoms with Crippen molar-refractivity contribution in [3.63, 3.8) is 0 Å². The zero-order valence-corrected chi connectivity index (χ0v) is 8.71.